The van der Waals surface area contributed by atoms with Crippen LogP contribution in [0.3, 0.4) is 0 Å². The molecule has 1 rings (SSSR count). The van der Waals surface area contributed by atoms with Gasteiger partial charge in [0.25, 0.3) is 0 Å². The first-order valence-electron chi connectivity index (χ1n) is 28.8. The van der Waals surface area contributed by atoms with Crippen LogP contribution in [0.25, 0.3) is 0 Å². The third-order valence-corrected chi connectivity index (χ3v) is 13.7. The molecule has 2 unspecified atom stereocenters. The second-order valence-electron chi connectivity index (χ2n) is 22.0. The van der Waals surface area contributed by atoms with E-state index in [-0.39, 0.29) is 95.9 Å². The van der Waals surface area contributed by atoms with Crippen LogP contribution in [-0.4, -0.2) is 187 Å². The van der Waals surface area contributed by atoms with Crippen molar-refractivity contribution >= 4 is 65.0 Å². The molecule has 0 aliphatic carbocycles. The zero-order chi connectivity index (χ0) is 62.2. The Labute approximate surface area is 482 Å². The summed E-state index contributed by atoms with van der Waals surface area (Å²) in [5.41, 5.74) is 29.2. The lowest BCUT2D eigenvalue weighted by Crippen LogP contribution is -2.62. The fourth-order valence-corrected chi connectivity index (χ4v) is 8.76. The minimum atomic E-state index is -1.69. The highest BCUT2D eigenvalue weighted by Gasteiger charge is 2.37. The molecule has 0 radical (unpaired) electrons. The lowest BCUT2D eigenvalue weighted by atomic mass is 9.99. The first kappa shape index (κ1) is 73.9. The number of carbonyl (C=O) groups excluding carboxylic acids is 11. The van der Waals surface area contributed by atoms with Crippen LogP contribution in [0.15, 0.2) is 0 Å². The molecule has 0 aromatic heterocycles. The van der Waals surface area contributed by atoms with E-state index in [4.69, 9.17) is 28.7 Å². The van der Waals surface area contributed by atoms with E-state index in [0.717, 1.165) is 19.3 Å². The molecule has 1 heterocycles. The van der Waals surface area contributed by atoms with Gasteiger partial charge in [-0.25, -0.2) is 0 Å². The summed E-state index contributed by atoms with van der Waals surface area (Å²) in [4.78, 5) is 153. The van der Waals surface area contributed by atoms with Crippen molar-refractivity contribution in [1.82, 2.24) is 58.5 Å². The number of hydrogen-bond acceptors (Lipinski definition) is 18. The van der Waals surface area contributed by atoms with E-state index in [1.165, 1.54) is 13.8 Å². The Morgan fingerprint density at radius 2 is 0.963 bits per heavy atom. The van der Waals surface area contributed by atoms with Crippen molar-refractivity contribution in [2.24, 2.45) is 46.4 Å². The number of carbonyl (C=O) groups is 11. The molecule has 470 valence electrons. The Morgan fingerprint density at radius 1 is 0.524 bits per heavy atom. The number of hydrogen-bond donors (Lipinski definition) is 18. The molecule has 0 bridgehead atoms. The van der Waals surface area contributed by atoms with Gasteiger partial charge in [-0.05, 0) is 122 Å². The average Bonchev–Trinajstić information content (AvgIpc) is 3.41. The van der Waals surface area contributed by atoms with Crippen LogP contribution in [0.2, 0.25) is 0 Å². The summed E-state index contributed by atoms with van der Waals surface area (Å²) in [5.74, 6) is -9.49. The van der Waals surface area contributed by atoms with Gasteiger partial charge in [-0.2, -0.15) is 0 Å². The molecule has 0 spiro atoms. The van der Waals surface area contributed by atoms with Crippen molar-refractivity contribution in [1.29, 1.82) is 0 Å². The summed E-state index contributed by atoms with van der Waals surface area (Å²) in [6, 6.07) is -14.5. The van der Waals surface area contributed by atoms with Gasteiger partial charge in [0.15, 0.2) is 0 Å². The van der Waals surface area contributed by atoms with Gasteiger partial charge in [-0.1, -0.05) is 60.8 Å². The van der Waals surface area contributed by atoms with Gasteiger partial charge in [-0.3, -0.25) is 52.7 Å². The molecule has 29 heteroatoms. The molecule has 23 N–H and O–H groups in total. The van der Waals surface area contributed by atoms with Gasteiger partial charge in [0, 0.05) is 13.0 Å². The van der Waals surface area contributed by atoms with E-state index in [2.05, 4.69) is 72.3 Å². The molecule has 1 fully saturated rings. The molecular formula is C53H100N16O13. The van der Waals surface area contributed by atoms with E-state index in [1.807, 2.05) is 0 Å². The average molecular weight is 1170 g/mol. The van der Waals surface area contributed by atoms with E-state index in [0.29, 0.717) is 12.3 Å². The predicted molar refractivity (Wildman–Crippen MR) is 305 cm³/mol. The predicted octanol–water partition coefficient (Wildman–Crippen LogP) is -5.44. The van der Waals surface area contributed by atoms with Crippen molar-refractivity contribution in [3.63, 3.8) is 0 Å². The summed E-state index contributed by atoms with van der Waals surface area (Å²) in [6.07, 6.45) is -0.760. The summed E-state index contributed by atoms with van der Waals surface area (Å²) in [6.45, 7) is 12.6. The van der Waals surface area contributed by atoms with Crippen LogP contribution in [0.5, 0.6) is 0 Å². The van der Waals surface area contributed by atoms with Gasteiger partial charge in [-0.15, -0.1) is 0 Å². The molecule has 29 nitrogen and oxygen atoms in total. The summed E-state index contributed by atoms with van der Waals surface area (Å²) in [5, 5.41) is 49.5. The number of nitrogens with one attached hydrogen (secondary N) is 11. The molecule has 1 aliphatic heterocycles. The second kappa shape index (κ2) is 39.4. The maximum absolute atomic E-state index is 14.4. The van der Waals surface area contributed by atoms with Gasteiger partial charge in [0.1, 0.15) is 60.4 Å². The molecule has 1 aliphatic rings. The van der Waals surface area contributed by atoms with Gasteiger partial charge >= 0.3 is 0 Å². The largest absolute Gasteiger partial charge is 0.391 e. The van der Waals surface area contributed by atoms with Crippen LogP contribution in [-0.2, 0) is 52.7 Å². The summed E-state index contributed by atoms with van der Waals surface area (Å²) in [7, 11) is 0. The molecule has 0 aromatic rings. The number of amides is 11. The maximum Gasteiger partial charge on any atom is 0.245 e. The van der Waals surface area contributed by atoms with E-state index in [1.54, 1.807) is 27.7 Å². The van der Waals surface area contributed by atoms with Crippen LogP contribution < -0.4 is 87.2 Å². The molecule has 13 atom stereocenters. The minimum absolute atomic E-state index is 0.0131. The molecule has 0 aromatic carbocycles. The monoisotopic (exact) mass is 1170 g/mol. The number of aliphatic hydroxyl groups is 2. The van der Waals surface area contributed by atoms with Crippen molar-refractivity contribution < 1.29 is 63.0 Å². The lowest BCUT2D eigenvalue weighted by molar-refractivity contribution is -0.137. The van der Waals surface area contributed by atoms with E-state index in [9.17, 15) is 63.0 Å². The zero-order valence-electron chi connectivity index (χ0n) is 49.4. The standard InChI is InChI=1S/C53H100N16O13/c1-9-30(6)12-10-11-13-41(72)60-33(14-20-54)48(77)69-43(32(8)71)53(82)65-36(17-23-57)45(74)64-38-19-25-59-52(81)42(31(7)70)68-49(78)37(18-24-58)62-44(73)34(15-21-55)63-50(79)39(26-28(2)3)67-51(80)40(27-29(4)5)66-46(75)35(16-22-56)61-47(38)76/h28-40,42-43,70-71H,9-27,54-58H2,1-8H3,(H,59,81)(H,60,72)(H,61,76)(H,62,73)(H,63,79)(H,64,74)(H,65,82)(H,66,75)(H,67,80)(H,68,78)(H,69,77)/t30-,31+,32+,33-,34-,35?,36-,37-,38?,39-,40+,42-,43-/m0/s1. The Kier molecular flexibility index (Phi) is 35.5. The Hall–Kier alpha value is -6.11. The molecule has 1 saturated heterocycles. The van der Waals surface area contributed by atoms with Crippen molar-refractivity contribution in [2.45, 2.75) is 211 Å². The topological polar surface area (TPSA) is 491 Å². The minimum Gasteiger partial charge on any atom is -0.391 e. The number of aliphatic hydroxyl groups excluding tert-OH is 2. The first-order chi connectivity index (χ1) is 38.7. The highest BCUT2D eigenvalue weighted by molar-refractivity contribution is 5.99. The van der Waals surface area contributed by atoms with Crippen molar-refractivity contribution in [3.05, 3.63) is 0 Å². The summed E-state index contributed by atoms with van der Waals surface area (Å²) >= 11 is 0. The van der Waals surface area contributed by atoms with Gasteiger partial charge < -0.3 is 97.4 Å². The second-order valence-corrected chi connectivity index (χ2v) is 22.0. The number of unbranched alkanes of at least 4 members (excludes halogenated alkanes) is 1. The molecule has 0 saturated carbocycles. The lowest BCUT2D eigenvalue weighted by Gasteiger charge is -2.29. The third-order valence-electron chi connectivity index (χ3n) is 13.7. The van der Waals surface area contributed by atoms with Crippen LogP contribution in [0, 0.1) is 17.8 Å². The smallest absolute Gasteiger partial charge is 0.245 e. The van der Waals surface area contributed by atoms with Crippen LogP contribution >= 0.6 is 0 Å². The van der Waals surface area contributed by atoms with Gasteiger partial charge in [0.2, 0.25) is 65.0 Å². The SMILES string of the molecule is CC[C@H](C)CCCCC(=O)N[C@@H](CCN)C(=O)N[C@H](C(=O)N[C@@H](CCN)C(=O)NC1CCNC(=O)[C@H]([C@@H](C)O)NC(=O)[C@H](CCN)NC(=O)[C@H](CCN)NC(=O)[C@H](CC(C)C)NC(=O)[C@@H](CC(C)C)NC(=O)C(CCN)NC1=O)[C@@H](C)O. The van der Waals surface area contributed by atoms with E-state index < -0.39 is 151 Å². The van der Waals surface area contributed by atoms with Crippen molar-refractivity contribution in [3.8, 4) is 0 Å². The van der Waals surface area contributed by atoms with Crippen LogP contribution in [0.4, 0.5) is 0 Å². The molecular weight excluding hydrogens is 1070 g/mol. The normalized spacial score (nSPS) is 23.4. The summed E-state index contributed by atoms with van der Waals surface area (Å²) < 4.78 is 0. The number of nitrogens with two attached hydrogens (primary N) is 5. The third kappa shape index (κ3) is 27.3. The first-order valence-corrected chi connectivity index (χ1v) is 28.8. The fourth-order valence-electron chi connectivity index (χ4n) is 8.76. The fraction of sp³-hybridized carbons (Fsp3) is 0.792. The van der Waals surface area contributed by atoms with E-state index >= 15 is 0 Å². The van der Waals surface area contributed by atoms with Gasteiger partial charge in [0.05, 0.1) is 12.2 Å². The molecule has 11 amide bonds. The quantitative estimate of drug-likeness (QED) is 0.0311. The Morgan fingerprint density at radius 3 is 1.39 bits per heavy atom. The number of rotatable bonds is 29. The Balaban J connectivity index is 3.81. The highest BCUT2D eigenvalue weighted by atomic mass is 16.3. The molecule has 82 heavy (non-hydrogen) atoms. The highest BCUT2D eigenvalue weighted by Crippen LogP contribution is 2.14. The van der Waals surface area contributed by atoms with Crippen molar-refractivity contribution in [2.75, 3.05) is 39.3 Å². The zero-order valence-corrected chi connectivity index (χ0v) is 49.4. The maximum atomic E-state index is 14.4. The van der Waals surface area contributed by atoms with Crippen LogP contribution in [0.1, 0.15) is 139 Å². The Bertz CT molecular complexity index is 2070.